The number of hydrogen-bond donors (Lipinski definition) is 1. The van der Waals surface area contributed by atoms with E-state index in [1.807, 2.05) is 32.2 Å². The Balaban J connectivity index is 3.15. The van der Waals surface area contributed by atoms with Gasteiger partial charge in [-0.05, 0) is 32.4 Å². The molecule has 0 saturated carbocycles. The largest absolute Gasteiger partial charge is 0.370 e. The van der Waals surface area contributed by atoms with Gasteiger partial charge < -0.3 is 10.2 Å². The minimum absolute atomic E-state index is 0.402. The molecule has 0 aliphatic heterocycles. The maximum absolute atomic E-state index is 10.5. The van der Waals surface area contributed by atoms with Crippen molar-refractivity contribution in [2.45, 2.75) is 26.8 Å². The number of anilines is 2. The quantitative estimate of drug-likeness (QED) is 0.767. The highest BCUT2D eigenvalue weighted by atomic mass is 16.1. The van der Waals surface area contributed by atoms with Gasteiger partial charge in [0.25, 0.3) is 0 Å². The van der Waals surface area contributed by atoms with E-state index in [0.29, 0.717) is 6.04 Å². The van der Waals surface area contributed by atoms with E-state index in [0.717, 1.165) is 23.3 Å². The molecule has 0 saturated heterocycles. The molecule has 82 valence electrons. The maximum atomic E-state index is 10.5. The fraction of sp³-hybridized carbons (Fsp3) is 0.417. The first-order valence-corrected chi connectivity index (χ1v) is 5.10. The number of rotatable bonds is 4. The average Bonchev–Trinajstić information content (AvgIpc) is 2.20. The second-order valence-electron chi connectivity index (χ2n) is 3.94. The summed E-state index contributed by atoms with van der Waals surface area (Å²) in [6, 6.07) is 6.40. The van der Waals surface area contributed by atoms with E-state index in [4.69, 9.17) is 0 Å². The number of nitrogens with zero attached hydrogens (tertiary/aromatic N) is 1. The highest BCUT2D eigenvalue weighted by molar-refractivity contribution is 5.83. The van der Waals surface area contributed by atoms with Crippen molar-refractivity contribution in [1.82, 2.24) is 0 Å². The molecule has 0 heterocycles. The topological polar surface area (TPSA) is 32.3 Å². The molecular weight excluding hydrogens is 188 g/mol. The minimum Gasteiger partial charge on any atom is -0.370 e. The van der Waals surface area contributed by atoms with E-state index in [1.54, 1.807) is 0 Å². The molecule has 3 nitrogen and oxygen atoms in total. The number of hydrogen-bond acceptors (Lipinski definition) is 2. The molecule has 1 aromatic carbocycles. The van der Waals surface area contributed by atoms with Crippen LogP contribution in [0.3, 0.4) is 0 Å². The predicted octanol–water partition coefficient (Wildman–Crippen LogP) is 2.41. The minimum atomic E-state index is 0.402. The molecule has 0 spiro atoms. The Bertz CT molecular complexity index is 347. The molecule has 3 heteroatoms. The van der Waals surface area contributed by atoms with Crippen molar-refractivity contribution in [2.24, 2.45) is 0 Å². The standard InChI is InChI=1S/C12H18N2O/c1-9(2)14(4)11-7-5-6-10(3)12(11)13-8-15/h5-9H,1-4H3,(H,13,15). The SMILES string of the molecule is Cc1cccc(N(C)C(C)C)c1NC=O. The van der Waals surface area contributed by atoms with Crippen molar-refractivity contribution < 1.29 is 4.79 Å². The van der Waals surface area contributed by atoms with Crippen LogP contribution in [0.4, 0.5) is 11.4 Å². The zero-order valence-corrected chi connectivity index (χ0v) is 9.74. The molecule has 0 radical (unpaired) electrons. The molecule has 1 amide bonds. The first kappa shape index (κ1) is 11.6. The summed E-state index contributed by atoms with van der Waals surface area (Å²) in [7, 11) is 2.02. The number of para-hydroxylation sites is 1. The van der Waals surface area contributed by atoms with Crippen molar-refractivity contribution >= 4 is 17.8 Å². The summed E-state index contributed by atoms with van der Waals surface area (Å²) in [4.78, 5) is 12.7. The normalized spacial score (nSPS) is 10.2. The summed E-state index contributed by atoms with van der Waals surface area (Å²) in [6.45, 7) is 6.23. The third kappa shape index (κ3) is 2.49. The van der Waals surface area contributed by atoms with E-state index < -0.39 is 0 Å². The molecule has 0 aliphatic rings. The van der Waals surface area contributed by atoms with Gasteiger partial charge in [0.05, 0.1) is 11.4 Å². The summed E-state index contributed by atoms with van der Waals surface area (Å²) < 4.78 is 0. The summed E-state index contributed by atoms with van der Waals surface area (Å²) in [5, 5.41) is 2.76. The Morgan fingerprint density at radius 1 is 1.40 bits per heavy atom. The molecule has 0 bridgehead atoms. The predicted molar refractivity (Wildman–Crippen MR) is 64.4 cm³/mol. The van der Waals surface area contributed by atoms with Crippen molar-refractivity contribution in [2.75, 3.05) is 17.3 Å². The first-order valence-electron chi connectivity index (χ1n) is 5.10. The Kier molecular flexibility index (Phi) is 3.72. The Morgan fingerprint density at radius 3 is 2.60 bits per heavy atom. The first-order chi connectivity index (χ1) is 7.07. The fourth-order valence-corrected chi connectivity index (χ4v) is 1.47. The van der Waals surface area contributed by atoms with E-state index in [-0.39, 0.29) is 0 Å². The van der Waals surface area contributed by atoms with Gasteiger partial charge in [-0.15, -0.1) is 0 Å². The Labute approximate surface area is 91.1 Å². The van der Waals surface area contributed by atoms with Gasteiger partial charge in [-0.25, -0.2) is 0 Å². The molecule has 1 rings (SSSR count). The third-order valence-corrected chi connectivity index (χ3v) is 2.61. The summed E-state index contributed by atoms with van der Waals surface area (Å²) in [5.74, 6) is 0. The van der Waals surface area contributed by atoms with E-state index in [1.165, 1.54) is 0 Å². The second kappa shape index (κ2) is 4.82. The monoisotopic (exact) mass is 206 g/mol. The average molecular weight is 206 g/mol. The van der Waals surface area contributed by atoms with Gasteiger partial charge in [0.1, 0.15) is 0 Å². The third-order valence-electron chi connectivity index (χ3n) is 2.61. The molecule has 1 aromatic rings. The van der Waals surface area contributed by atoms with Gasteiger partial charge in [0, 0.05) is 13.1 Å². The molecule has 0 fully saturated rings. The zero-order valence-electron chi connectivity index (χ0n) is 9.74. The van der Waals surface area contributed by atoms with Crippen LogP contribution in [0.25, 0.3) is 0 Å². The van der Waals surface area contributed by atoms with Crippen molar-refractivity contribution in [3.05, 3.63) is 23.8 Å². The number of carbonyl (C=O) groups is 1. The van der Waals surface area contributed by atoms with Gasteiger partial charge in [0.2, 0.25) is 6.41 Å². The lowest BCUT2D eigenvalue weighted by atomic mass is 10.1. The van der Waals surface area contributed by atoms with E-state index in [2.05, 4.69) is 24.1 Å². The van der Waals surface area contributed by atoms with Crippen LogP contribution in [0, 0.1) is 6.92 Å². The summed E-state index contributed by atoms with van der Waals surface area (Å²) >= 11 is 0. The Hall–Kier alpha value is -1.51. The number of carbonyl (C=O) groups excluding carboxylic acids is 1. The highest BCUT2D eigenvalue weighted by Gasteiger charge is 2.11. The van der Waals surface area contributed by atoms with E-state index in [9.17, 15) is 4.79 Å². The fourth-order valence-electron chi connectivity index (χ4n) is 1.47. The maximum Gasteiger partial charge on any atom is 0.211 e. The van der Waals surface area contributed by atoms with Crippen molar-refractivity contribution in [3.63, 3.8) is 0 Å². The van der Waals surface area contributed by atoms with Crippen LogP contribution in [-0.2, 0) is 4.79 Å². The molecule has 0 atom stereocenters. The van der Waals surface area contributed by atoms with Crippen LogP contribution in [-0.4, -0.2) is 19.5 Å². The molecule has 0 aliphatic carbocycles. The van der Waals surface area contributed by atoms with Crippen LogP contribution in [0.1, 0.15) is 19.4 Å². The number of amides is 1. The molecule has 0 aromatic heterocycles. The van der Waals surface area contributed by atoms with Gasteiger partial charge in [-0.2, -0.15) is 0 Å². The van der Waals surface area contributed by atoms with Crippen LogP contribution < -0.4 is 10.2 Å². The van der Waals surface area contributed by atoms with Crippen LogP contribution in [0.5, 0.6) is 0 Å². The smallest absolute Gasteiger partial charge is 0.211 e. The second-order valence-corrected chi connectivity index (χ2v) is 3.94. The molecular formula is C12H18N2O. The Morgan fingerprint density at radius 2 is 2.07 bits per heavy atom. The molecule has 0 unspecified atom stereocenters. The van der Waals surface area contributed by atoms with Crippen LogP contribution >= 0.6 is 0 Å². The molecule has 15 heavy (non-hydrogen) atoms. The van der Waals surface area contributed by atoms with Crippen molar-refractivity contribution in [3.8, 4) is 0 Å². The van der Waals surface area contributed by atoms with Gasteiger partial charge in [-0.3, -0.25) is 4.79 Å². The lowest BCUT2D eigenvalue weighted by molar-refractivity contribution is -0.105. The van der Waals surface area contributed by atoms with Crippen molar-refractivity contribution in [1.29, 1.82) is 0 Å². The molecule has 1 N–H and O–H groups in total. The zero-order chi connectivity index (χ0) is 11.4. The van der Waals surface area contributed by atoms with Crippen LogP contribution in [0.15, 0.2) is 18.2 Å². The lowest BCUT2D eigenvalue weighted by Crippen LogP contribution is -2.26. The number of benzene rings is 1. The number of nitrogens with one attached hydrogen (secondary N) is 1. The lowest BCUT2D eigenvalue weighted by Gasteiger charge is -2.26. The number of aryl methyl sites for hydroxylation is 1. The summed E-state index contributed by atoms with van der Waals surface area (Å²) in [5.41, 5.74) is 3.02. The highest BCUT2D eigenvalue weighted by Crippen LogP contribution is 2.29. The van der Waals surface area contributed by atoms with Gasteiger partial charge in [0.15, 0.2) is 0 Å². The van der Waals surface area contributed by atoms with E-state index >= 15 is 0 Å². The van der Waals surface area contributed by atoms with Gasteiger partial charge in [-0.1, -0.05) is 12.1 Å². The summed E-state index contributed by atoms with van der Waals surface area (Å²) in [6.07, 6.45) is 0.722. The van der Waals surface area contributed by atoms with Crippen LogP contribution in [0.2, 0.25) is 0 Å². The van der Waals surface area contributed by atoms with Gasteiger partial charge >= 0.3 is 0 Å².